The number of nitrogens with zero attached hydrogens (tertiary/aromatic N) is 3. The zero-order valence-electron chi connectivity index (χ0n) is 16.2. The molecule has 0 saturated carbocycles. The molecule has 1 unspecified atom stereocenters. The van der Waals surface area contributed by atoms with Crippen LogP contribution in [0.4, 0.5) is 4.79 Å². The van der Waals surface area contributed by atoms with E-state index in [0.717, 1.165) is 32.6 Å². The van der Waals surface area contributed by atoms with Gasteiger partial charge in [0.2, 0.25) is 5.91 Å². The summed E-state index contributed by atoms with van der Waals surface area (Å²) in [4.78, 5) is 36.5. The number of fused-ring (bicyclic) bond motifs is 1. The minimum atomic E-state index is -0.544. The number of nitrogens with one attached hydrogen (secondary N) is 2. The summed E-state index contributed by atoms with van der Waals surface area (Å²) in [5.41, 5.74) is 2.73. The van der Waals surface area contributed by atoms with Crippen molar-refractivity contribution in [3.05, 3.63) is 59.9 Å². The van der Waals surface area contributed by atoms with Crippen molar-refractivity contribution in [3.8, 4) is 5.69 Å². The van der Waals surface area contributed by atoms with Crippen molar-refractivity contribution in [1.29, 1.82) is 0 Å². The first-order valence-electron chi connectivity index (χ1n) is 9.36. The SMILES string of the molecule is Cc1c(C(C)NC(=O)CN2C(=O)CNC2=O)cnn1-c1cccc2ccccc12. The van der Waals surface area contributed by atoms with Crippen LogP contribution in [0.5, 0.6) is 0 Å². The van der Waals surface area contributed by atoms with E-state index in [4.69, 9.17) is 0 Å². The molecule has 4 amide bonds. The molecule has 2 heterocycles. The molecule has 1 aromatic heterocycles. The van der Waals surface area contributed by atoms with Crippen LogP contribution < -0.4 is 10.6 Å². The van der Waals surface area contributed by atoms with Crippen LogP contribution in [0.3, 0.4) is 0 Å². The van der Waals surface area contributed by atoms with Crippen molar-refractivity contribution in [2.45, 2.75) is 19.9 Å². The third-order valence-electron chi connectivity index (χ3n) is 5.13. The number of benzene rings is 2. The van der Waals surface area contributed by atoms with Gasteiger partial charge in [0.15, 0.2) is 0 Å². The topological polar surface area (TPSA) is 96.3 Å². The highest BCUT2D eigenvalue weighted by Gasteiger charge is 2.30. The summed E-state index contributed by atoms with van der Waals surface area (Å²) in [5.74, 6) is -0.807. The van der Waals surface area contributed by atoms with E-state index in [0.29, 0.717) is 0 Å². The van der Waals surface area contributed by atoms with Crippen molar-refractivity contribution in [2.24, 2.45) is 0 Å². The van der Waals surface area contributed by atoms with Gasteiger partial charge in [-0.05, 0) is 25.3 Å². The minimum Gasteiger partial charge on any atom is -0.348 e. The summed E-state index contributed by atoms with van der Waals surface area (Å²) in [5, 5.41) is 12.0. The van der Waals surface area contributed by atoms with Crippen LogP contribution in [0.25, 0.3) is 16.5 Å². The fraction of sp³-hybridized carbons (Fsp3) is 0.238. The Balaban J connectivity index is 1.54. The lowest BCUT2D eigenvalue weighted by molar-refractivity contribution is -0.130. The van der Waals surface area contributed by atoms with E-state index in [1.165, 1.54) is 0 Å². The molecule has 148 valence electrons. The van der Waals surface area contributed by atoms with Crippen LogP contribution in [0.2, 0.25) is 0 Å². The lowest BCUT2D eigenvalue weighted by atomic mass is 10.1. The molecule has 2 N–H and O–H groups in total. The van der Waals surface area contributed by atoms with Crippen molar-refractivity contribution in [1.82, 2.24) is 25.3 Å². The molecule has 3 aromatic rings. The van der Waals surface area contributed by atoms with E-state index in [1.807, 2.05) is 42.8 Å². The number of hydrogen-bond donors (Lipinski definition) is 2. The first-order chi connectivity index (χ1) is 14.0. The molecule has 0 bridgehead atoms. The van der Waals surface area contributed by atoms with E-state index < -0.39 is 17.8 Å². The van der Waals surface area contributed by atoms with Gasteiger partial charge >= 0.3 is 6.03 Å². The van der Waals surface area contributed by atoms with E-state index in [1.54, 1.807) is 6.20 Å². The molecule has 0 aliphatic carbocycles. The molecule has 1 aliphatic rings. The monoisotopic (exact) mass is 391 g/mol. The molecule has 1 aliphatic heterocycles. The van der Waals surface area contributed by atoms with Crippen LogP contribution in [0.15, 0.2) is 48.7 Å². The number of urea groups is 1. The van der Waals surface area contributed by atoms with Crippen molar-refractivity contribution in [2.75, 3.05) is 13.1 Å². The smallest absolute Gasteiger partial charge is 0.325 e. The Morgan fingerprint density at radius 2 is 1.97 bits per heavy atom. The maximum atomic E-state index is 12.3. The lowest BCUT2D eigenvalue weighted by Crippen LogP contribution is -2.41. The molecular formula is C21H21N5O3. The zero-order chi connectivity index (χ0) is 20.5. The number of aromatic nitrogens is 2. The summed E-state index contributed by atoms with van der Waals surface area (Å²) in [6.07, 6.45) is 1.73. The van der Waals surface area contributed by atoms with E-state index in [-0.39, 0.29) is 19.1 Å². The highest BCUT2D eigenvalue weighted by Crippen LogP contribution is 2.25. The van der Waals surface area contributed by atoms with Gasteiger partial charge in [-0.25, -0.2) is 9.48 Å². The Hall–Kier alpha value is -3.68. The van der Waals surface area contributed by atoms with Crippen molar-refractivity contribution >= 4 is 28.6 Å². The second-order valence-electron chi connectivity index (χ2n) is 7.02. The molecule has 2 aromatic carbocycles. The summed E-state index contributed by atoms with van der Waals surface area (Å²) in [6.45, 7) is 3.43. The van der Waals surface area contributed by atoms with E-state index >= 15 is 0 Å². The third-order valence-corrected chi connectivity index (χ3v) is 5.13. The van der Waals surface area contributed by atoms with Crippen molar-refractivity contribution in [3.63, 3.8) is 0 Å². The van der Waals surface area contributed by atoms with Gasteiger partial charge in [0.1, 0.15) is 6.54 Å². The Labute approximate surface area is 167 Å². The molecule has 1 saturated heterocycles. The van der Waals surface area contributed by atoms with Gasteiger partial charge in [-0.1, -0.05) is 36.4 Å². The van der Waals surface area contributed by atoms with Crippen LogP contribution in [0, 0.1) is 6.92 Å². The average molecular weight is 391 g/mol. The number of rotatable bonds is 5. The maximum absolute atomic E-state index is 12.3. The molecule has 0 radical (unpaired) electrons. The van der Waals surface area contributed by atoms with Crippen molar-refractivity contribution < 1.29 is 14.4 Å². The summed E-state index contributed by atoms with van der Waals surface area (Å²) < 4.78 is 1.86. The Kier molecular flexibility index (Phi) is 4.75. The number of amides is 4. The number of carbonyl (C=O) groups is 3. The summed E-state index contributed by atoms with van der Waals surface area (Å²) in [7, 11) is 0. The normalized spacial score (nSPS) is 14.9. The maximum Gasteiger partial charge on any atom is 0.325 e. The minimum absolute atomic E-state index is 0.0709. The van der Waals surface area contributed by atoms with E-state index in [2.05, 4.69) is 33.9 Å². The van der Waals surface area contributed by atoms with Crippen LogP contribution in [0.1, 0.15) is 24.2 Å². The standard InChI is InChI=1S/C21H21N5O3/c1-13(24-19(27)12-25-20(28)11-22-21(25)29)17-10-23-26(14(17)2)18-9-5-7-15-6-3-4-8-16(15)18/h3-10,13H,11-12H2,1-2H3,(H,22,29)(H,24,27). The van der Waals surface area contributed by atoms with Crippen LogP contribution in [-0.2, 0) is 9.59 Å². The van der Waals surface area contributed by atoms with Crippen LogP contribution in [-0.4, -0.2) is 45.6 Å². The Bertz CT molecular complexity index is 1100. The van der Waals surface area contributed by atoms with E-state index in [9.17, 15) is 14.4 Å². The second-order valence-corrected chi connectivity index (χ2v) is 7.02. The van der Waals surface area contributed by atoms with Crippen LogP contribution >= 0.6 is 0 Å². The lowest BCUT2D eigenvalue weighted by Gasteiger charge is -2.17. The Morgan fingerprint density at radius 3 is 2.72 bits per heavy atom. The summed E-state index contributed by atoms with van der Waals surface area (Å²) >= 11 is 0. The summed E-state index contributed by atoms with van der Waals surface area (Å²) in [6, 6.07) is 13.3. The predicted octanol–water partition coefficient (Wildman–Crippen LogP) is 2.06. The van der Waals surface area contributed by atoms with Gasteiger partial charge in [-0.3, -0.25) is 14.5 Å². The molecule has 1 fully saturated rings. The highest BCUT2D eigenvalue weighted by molar-refractivity contribution is 6.04. The fourth-order valence-electron chi connectivity index (χ4n) is 3.61. The highest BCUT2D eigenvalue weighted by atomic mass is 16.2. The first kappa shape index (κ1) is 18.7. The van der Waals surface area contributed by atoms with Gasteiger partial charge in [0.05, 0.1) is 24.5 Å². The predicted molar refractivity (Wildman–Crippen MR) is 107 cm³/mol. The average Bonchev–Trinajstić information content (AvgIpc) is 3.24. The molecule has 8 nitrogen and oxygen atoms in total. The van der Waals surface area contributed by atoms with Gasteiger partial charge in [-0.15, -0.1) is 0 Å². The molecule has 0 spiro atoms. The van der Waals surface area contributed by atoms with Gasteiger partial charge in [0, 0.05) is 16.6 Å². The Morgan fingerprint density at radius 1 is 1.21 bits per heavy atom. The second kappa shape index (κ2) is 7.38. The van der Waals surface area contributed by atoms with Gasteiger partial charge < -0.3 is 10.6 Å². The largest absolute Gasteiger partial charge is 0.348 e. The molecule has 4 rings (SSSR count). The van der Waals surface area contributed by atoms with Gasteiger partial charge in [0.25, 0.3) is 5.91 Å². The zero-order valence-corrected chi connectivity index (χ0v) is 16.2. The first-order valence-corrected chi connectivity index (χ1v) is 9.36. The molecule has 29 heavy (non-hydrogen) atoms. The molecule has 8 heteroatoms. The quantitative estimate of drug-likeness (QED) is 0.651. The number of carbonyl (C=O) groups excluding carboxylic acids is 3. The third kappa shape index (κ3) is 3.44. The number of hydrogen-bond acceptors (Lipinski definition) is 4. The number of imide groups is 1. The molecule has 1 atom stereocenters. The fourth-order valence-corrected chi connectivity index (χ4v) is 3.61. The van der Waals surface area contributed by atoms with Gasteiger partial charge in [-0.2, -0.15) is 5.10 Å². The molecular weight excluding hydrogens is 370 g/mol.